The van der Waals surface area contributed by atoms with Gasteiger partial charge in [-0.1, -0.05) is 18.2 Å². The Morgan fingerprint density at radius 1 is 1.35 bits per heavy atom. The van der Waals surface area contributed by atoms with Crippen molar-refractivity contribution in [2.75, 3.05) is 11.9 Å². The lowest BCUT2D eigenvalue weighted by Crippen LogP contribution is -2.19. The Kier molecular flexibility index (Phi) is 3.59. The number of hydrogen-bond acceptors (Lipinski definition) is 3. The van der Waals surface area contributed by atoms with Gasteiger partial charge in [0.2, 0.25) is 0 Å². The Morgan fingerprint density at radius 2 is 2.12 bits per heavy atom. The van der Waals surface area contributed by atoms with Crippen LogP contribution in [0.4, 0.5) is 5.69 Å². The molecule has 0 aliphatic rings. The minimum absolute atomic E-state index is 0.233. The Balaban J connectivity index is 2.26. The number of aryl methyl sites for hydroxylation is 1. The summed E-state index contributed by atoms with van der Waals surface area (Å²) in [6.07, 6.45) is 0.968. The van der Waals surface area contributed by atoms with Gasteiger partial charge in [-0.05, 0) is 32.4 Å². The summed E-state index contributed by atoms with van der Waals surface area (Å²) in [6, 6.07) is 10.5. The number of pyridine rings is 1. The van der Waals surface area contributed by atoms with E-state index in [-0.39, 0.29) is 6.04 Å². The summed E-state index contributed by atoms with van der Waals surface area (Å²) in [6.45, 7) is 4.94. The van der Waals surface area contributed by atoms with Crippen LogP contribution in [-0.4, -0.2) is 17.6 Å². The molecule has 0 aliphatic heterocycles. The number of nitrogens with two attached hydrogens (primary N) is 1. The van der Waals surface area contributed by atoms with E-state index in [0.29, 0.717) is 0 Å². The smallest absolute Gasteiger partial charge is 0.0725 e. The Bertz CT molecular complexity index is 506. The number of nitrogens with zero attached hydrogens (tertiary/aromatic N) is 1. The van der Waals surface area contributed by atoms with Crippen LogP contribution in [0, 0.1) is 6.92 Å². The number of rotatable bonds is 4. The number of nitrogens with one attached hydrogen (secondary N) is 1. The highest BCUT2D eigenvalue weighted by atomic mass is 14.9. The Labute approximate surface area is 102 Å². The van der Waals surface area contributed by atoms with Crippen molar-refractivity contribution >= 4 is 16.6 Å². The second kappa shape index (κ2) is 5.15. The van der Waals surface area contributed by atoms with Gasteiger partial charge in [0.25, 0.3) is 0 Å². The van der Waals surface area contributed by atoms with Gasteiger partial charge in [-0.25, -0.2) is 0 Å². The summed E-state index contributed by atoms with van der Waals surface area (Å²) in [5.41, 5.74) is 8.97. The Morgan fingerprint density at radius 3 is 2.88 bits per heavy atom. The van der Waals surface area contributed by atoms with Crippen molar-refractivity contribution in [2.24, 2.45) is 5.73 Å². The molecule has 0 saturated carbocycles. The summed E-state index contributed by atoms with van der Waals surface area (Å²) >= 11 is 0. The topological polar surface area (TPSA) is 50.9 Å². The van der Waals surface area contributed by atoms with E-state index in [2.05, 4.69) is 22.4 Å². The van der Waals surface area contributed by atoms with Crippen molar-refractivity contribution in [3.8, 4) is 0 Å². The Hall–Kier alpha value is -1.61. The fourth-order valence-electron chi connectivity index (χ4n) is 1.89. The van der Waals surface area contributed by atoms with Crippen molar-refractivity contribution in [1.82, 2.24) is 4.98 Å². The molecule has 17 heavy (non-hydrogen) atoms. The molecular formula is C14H19N3. The predicted octanol–water partition coefficient (Wildman–Crippen LogP) is 2.69. The number of hydrogen-bond donors (Lipinski definition) is 2. The molecule has 1 aromatic heterocycles. The molecule has 1 unspecified atom stereocenters. The van der Waals surface area contributed by atoms with Crippen LogP contribution >= 0.6 is 0 Å². The average molecular weight is 229 g/mol. The third-order valence-corrected chi connectivity index (χ3v) is 2.76. The second-order valence-electron chi connectivity index (χ2n) is 4.52. The molecule has 1 atom stereocenters. The maximum Gasteiger partial charge on any atom is 0.0725 e. The normalized spacial score (nSPS) is 12.6. The first-order valence-electron chi connectivity index (χ1n) is 6.02. The molecule has 0 spiro atoms. The first-order chi connectivity index (χ1) is 8.16. The fraction of sp³-hybridized carbons (Fsp3) is 0.357. The zero-order valence-corrected chi connectivity index (χ0v) is 10.4. The summed E-state index contributed by atoms with van der Waals surface area (Å²) in [5.74, 6) is 0. The monoisotopic (exact) mass is 229 g/mol. The van der Waals surface area contributed by atoms with E-state index in [1.165, 1.54) is 5.39 Å². The average Bonchev–Trinajstić information content (AvgIpc) is 2.28. The van der Waals surface area contributed by atoms with E-state index >= 15 is 0 Å². The zero-order valence-electron chi connectivity index (χ0n) is 10.4. The maximum atomic E-state index is 5.75. The highest BCUT2D eigenvalue weighted by Gasteiger charge is 2.03. The highest BCUT2D eigenvalue weighted by molar-refractivity contribution is 5.91. The molecule has 0 amide bonds. The van der Waals surface area contributed by atoms with Crippen LogP contribution in [0.5, 0.6) is 0 Å². The molecule has 2 rings (SSSR count). The molecule has 0 fully saturated rings. The lowest BCUT2D eigenvalue weighted by molar-refractivity contribution is 0.690. The molecule has 3 nitrogen and oxygen atoms in total. The van der Waals surface area contributed by atoms with Crippen molar-refractivity contribution in [3.63, 3.8) is 0 Å². The lowest BCUT2D eigenvalue weighted by Gasteiger charge is -2.11. The van der Waals surface area contributed by atoms with Crippen LogP contribution in [0.15, 0.2) is 30.3 Å². The van der Waals surface area contributed by atoms with Crippen LogP contribution < -0.4 is 11.1 Å². The summed E-state index contributed by atoms with van der Waals surface area (Å²) < 4.78 is 0. The van der Waals surface area contributed by atoms with Gasteiger partial charge < -0.3 is 11.1 Å². The molecule has 0 bridgehead atoms. The molecule has 0 aliphatic carbocycles. The third kappa shape index (κ3) is 2.94. The summed E-state index contributed by atoms with van der Waals surface area (Å²) in [4.78, 5) is 4.51. The molecule has 3 N–H and O–H groups in total. The van der Waals surface area contributed by atoms with Crippen molar-refractivity contribution in [2.45, 2.75) is 26.3 Å². The largest absolute Gasteiger partial charge is 0.384 e. The van der Waals surface area contributed by atoms with Gasteiger partial charge in [-0.3, -0.25) is 4.98 Å². The van der Waals surface area contributed by atoms with E-state index in [4.69, 9.17) is 5.73 Å². The van der Waals surface area contributed by atoms with E-state index in [1.807, 2.05) is 32.0 Å². The highest BCUT2D eigenvalue weighted by Crippen LogP contribution is 2.22. The molecule has 1 heterocycles. The van der Waals surface area contributed by atoms with Gasteiger partial charge in [0.05, 0.1) is 5.52 Å². The van der Waals surface area contributed by atoms with Gasteiger partial charge >= 0.3 is 0 Å². The number of aromatic nitrogens is 1. The van der Waals surface area contributed by atoms with E-state index in [9.17, 15) is 0 Å². The number of fused-ring (bicyclic) bond motifs is 1. The van der Waals surface area contributed by atoms with Crippen LogP contribution in [0.3, 0.4) is 0 Å². The van der Waals surface area contributed by atoms with E-state index in [1.54, 1.807) is 0 Å². The van der Waals surface area contributed by atoms with Crippen LogP contribution in [0.1, 0.15) is 19.0 Å². The molecule has 1 aromatic carbocycles. The summed E-state index contributed by atoms with van der Waals surface area (Å²) in [7, 11) is 0. The molecule has 90 valence electrons. The van der Waals surface area contributed by atoms with Crippen LogP contribution in [0.2, 0.25) is 0 Å². The van der Waals surface area contributed by atoms with Crippen molar-refractivity contribution in [1.29, 1.82) is 0 Å². The first-order valence-corrected chi connectivity index (χ1v) is 6.02. The van der Waals surface area contributed by atoms with Crippen LogP contribution in [-0.2, 0) is 0 Å². The number of benzene rings is 1. The maximum absolute atomic E-state index is 5.75. The van der Waals surface area contributed by atoms with Gasteiger partial charge in [-0.15, -0.1) is 0 Å². The van der Waals surface area contributed by atoms with Gasteiger partial charge in [0.1, 0.15) is 0 Å². The molecule has 2 aromatic rings. The second-order valence-corrected chi connectivity index (χ2v) is 4.52. The SMILES string of the molecule is Cc1cc(NCCC(C)N)c2ccccc2n1. The first kappa shape index (κ1) is 11.9. The third-order valence-electron chi connectivity index (χ3n) is 2.76. The molecule has 0 radical (unpaired) electrons. The molecule has 0 saturated heterocycles. The minimum Gasteiger partial charge on any atom is -0.384 e. The van der Waals surface area contributed by atoms with Gasteiger partial charge in [-0.2, -0.15) is 0 Å². The number of anilines is 1. The van der Waals surface area contributed by atoms with Crippen molar-refractivity contribution < 1.29 is 0 Å². The quantitative estimate of drug-likeness (QED) is 0.847. The summed E-state index contributed by atoms with van der Waals surface area (Å²) in [5, 5.41) is 4.61. The number of para-hydroxylation sites is 1. The minimum atomic E-state index is 0.233. The van der Waals surface area contributed by atoms with Crippen LogP contribution in [0.25, 0.3) is 10.9 Å². The molecule has 3 heteroatoms. The van der Waals surface area contributed by atoms with Gasteiger partial charge in [0.15, 0.2) is 0 Å². The van der Waals surface area contributed by atoms with Gasteiger partial charge in [0, 0.05) is 29.4 Å². The predicted molar refractivity (Wildman–Crippen MR) is 73.2 cm³/mol. The lowest BCUT2D eigenvalue weighted by atomic mass is 10.1. The van der Waals surface area contributed by atoms with E-state index < -0.39 is 0 Å². The standard InChI is InChI=1S/C14H19N3/c1-10(15)7-8-16-14-9-11(2)17-13-6-4-3-5-12(13)14/h3-6,9-10H,7-8,15H2,1-2H3,(H,16,17). The fourth-order valence-corrected chi connectivity index (χ4v) is 1.89. The molecular weight excluding hydrogens is 210 g/mol. The van der Waals surface area contributed by atoms with Crippen molar-refractivity contribution in [3.05, 3.63) is 36.0 Å². The van der Waals surface area contributed by atoms with E-state index in [0.717, 1.165) is 29.9 Å². The zero-order chi connectivity index (χ0) is 12.3.